The number of nitrogens with one attached hydrogen (secondary N) is 2. The number of carbonyl (C=O) groups excluding carboxylic acids is 3. The summed E-state index contributed by atoms with van der Waals surface area (Å²) in [6, 6.07) is -0.986. The van der Waals surface area contributed by atoms with Gasteiger partial charge in [0.25, 0.3) is 0 Å². The summed E-state index contributed by atoms with van der Waals surface area (Å²) in [7, 11) is 2.71. The zero-order chi connectivity index (χ0) is 13.3. The Kier molecular flexibility index (Phi) is 8.29. The van der Waals surface area contributed by atoms with Crippen LogP contribution in [0.1, 0.15) is 0 Å². The van der Waals surface area contributed by atoms with Gasteiger partial charge < -0.3 is 20.1 Å². The minimum atomic E-state index is -0.986. The summed E-state index contributed by atoms with van der Waals surface area (Å²) in [5.74, 6) is -0.899. The number of methoxy groups -OCH3 is 2. The van der Waals surface area contributed by atoms with Gasteiger partial charge in [-0.25, -0.2) is 0 Å². The van der Waals surface area contributed by atoms with E-state index in [4.69, 9.17) is 11.6 Å². The first kappa shape index (κ1) is 15.8. The highest BCUT2D eigenvalue weighted by molar-refractivity contribution is 6.64. The largest absolute Gasteiger partial charge is 0.375 e. The highest BCUT2D eigenvalue weighted by Crippen LogP contribution is 1.91. The molecule has 0 aromatic heterocycles. The molecule has 1 atom stereocenters. The highest BCUT2D eigenvalue weighted by atomic mass is 35.5. The molecule has 1 unspecified atom stereocenters. The molecule has 0 aliphatic carbocycles. The number of ether oxygens (including phenoxy) is 2. The molecule has 0 heterocycles. The van der Waals surface area contributed by atoms with Gasteiger partial charge in [-0.15, -0.1) is 0 Å². The van der Waals surface area contributed by atoms with E-state index in [9.17, 15) is 14.4 Å². The highest BCUT2D eigenvalue weighted by Gasteiger charge is 2.19. The molecule has 98 valence electrons. The molecule has 8 heteroatoms. The van der Waals surface area contributed by atoms with E-state index in [-0.39, 0.29) is 19.8 Å². The van der Waals surface area contributed by atoms with Crippen molar-refractivity contribution < 1.29 is 23.9 Å². The smallest absolute Gasteiger partial charge is 0.246 e. The van der Waals surface area contributed by atoms with E-state index in [0.717, 1.165) is 0 Å². The number of amides is 2. The van der Waals surface area contributed by atoms with E-state index >= 15 is 0 Å². The van der Waals surface area contributed by atoms with Crippen LogP contribution in [0.3, 0.4) is 0 Å². The van der Waals surface area contributed by atoms with Crippen molar-refractivity contribution in [2.24, 2.45) is 0 Å². The SMILES string of the molecule is COCC(=O)NCC(NC(=O)COC)C(=O)Cl. The second-order valence-electron chi connectivity index (χ2n) is 3.09. The molecule has 0 spiro atoms. The van der Waals surface area contributed by atoms with Crippen LogP contribution >= 0.6 is 11.6 Å². The Morgan fingerprint density at radius 1 is 1.12 bits per heavy atom. The van der Waals surface area contributed by atoms with Crippen LogP contribution in [0.2, 0.25) is 0 Å². The van der Waals surface area contributed by atoms with Gasteiger partial charge in [0, 0.05) is 20.8 Å². The van der Waals surface area contributed by atoms with Crippen molar-refractivity contribution in [1.29, 1.82) is 0 Å². The van der Waals surface area contributed by atoms with Gasteiger partial charge in [-0.2, -0.15) is 0 Å². The monoisotopic (exact) mass is 266 g/mol. The van der Waals surface area contributed by atoms with E-state index in [1.165, 1.54) is 14.2 Å². The van der Waals surface area contributed by atoms with Gasteiger partial charge in [0.15, 0.2) is 0 Å². The van der Waals surface area contributed by atoms with Crippen molar-refractivity contribution >= 4 is 28.7 Å². The maximum Gasteiger partial charge on any atom is 0.246 e. The van der Waals surface area contributed by atoms with Gasteiger partial charge in [0.2, 0.25) is 17.1 Å². The standard InChI is InChI=1S/C9H15ClN2O5/c1-16-4-7(13)11-3-6(9(10)15)12-8(14)5-17-2/h6H,3-5H2,1-2H3,(H,11,13)(H,12,14). The molecule has 2 amide bonds. The van der Waals surface area contributed by atoms with Gasteiger partial charge in [-0.3, -0.25) is 14.4 Å². The van der Waals surface area contributed by atoms with Crippen LogP contribution in [-0.4, -0.2) is 57.1 Å². The van der Waals surface area contributed by atoms with Gasteiger partial charge in [-0.1, -0.05) is 0 Å². The van der Waals surface area contributed by atoms with Crippen molar-refractivity contribution in [3.05, 3.63) is 0 Å². The molecule has 7 nitrogen and oxygen atoms in total. The molecular formula is C9H15ClN2O5. The van der Waals surface area contributed by atoms with E-state index in [1.54, 1.807) is 0 Å². The topological polar surface area (TPSA) is 93.7 Å². The molecule has 17 heavy (non-hydrogen) atoms. The first-order valence-electron chi connectivity index (χ1n) is 4.74. The summed E-state index contributed by atoms with van der Waals surface area (Å²) < 4.78 is 9.15. The molecule has 0 fully saturated rings. The molecule has 0 rings (SSSR count). The third-order valence-electron chi connectivity index (χ3n) is 1.66. The Bertz CT molecular complexity index is 285. The molecule has 0 saturated heterocycles. The van der Waals surface area contributed by atoms with Crippen molar-refractivity contribution in [3.8, 4) is 0 Å². The predicted molar refractivity (Wildman–Crippen MR) is 59.6 cm³/mol. The summed E-state index contributed by atoms with van der Waals surface area (Å²) in [6.45, 7) is -0.415. The first-order chi connectivity index (χ1) is 8.01. The number of halogens is 1. The van der Waals surface area contributed by atoms with Gasteiger partial charge in [0.1, 0.15) is 19.3 Å². The van der Waals surface area contributed by atoms with Crippen molar-refractivity contribution in [3.63, 3.8) is 0 Å². The molecule has 0 saturated carbocycles. The second kappa shape index (κ2) is 8.91. The minimum Gasteiger partial charge on any atom is -0.375 e. The molecule has 0 aromatic rings. The molecule has 2 N–H and O–H groups in total. The zero-order valence-corrected chi connectivity index (χ0v) is 10.4. The lowest BCUT2D eigenvalue weighted by molar-refractivity contribution is -0.129. The third-order valence-corrected chi connectivity index (χ3v) is 1.93. The van der Waals surface area contributed by atoms with Crippen molar-refractivity contribution in [2.75, 3.05) is 34.0 Å². The fourth-order valence-corrected chi connectivity index (χ4v) is 1.08. The number of carbonyl (C=O) groups is 3. The lowest BCUT2D eigenvalue weighted by atomic mass is 10.3. The van der Waals surface area contributed by atoms with Crippen LogP contribution in [0.25, 0.3) is 0 Å². The van der Waals surface area contributed by atoms with Crippen molar-refractivity contribution in [1.82, 2.24) is 10.6 Å². The van der Waals surface area contributed by atoms with Crippen LogP contribution in [0.15, 0.2) is 0 Å². The van der Waals surface area contributed by atoms with Crippen LogP contribution in [-0.2, 0) is 23.9 Å². The quantitative estimate of drug-likeness (QED) is 0.530. The number of rotatable bonds is 8. The minimum absolute atomic E-state index is 0.0972. The number of hydrogen-bond acceptors (Lipinski definition) is 5. The Morgan fingerprint density at radius 2 is 1.65 bits per heavy atom. The van der Waals surface area contributed by atoms with E-state index in [2.05, 4.69) is 20.1 Å². The first-order valence-corrected chi connectivity index (χ1v) is 5.12. The second-order valence-corrected chi connectivity index (χ2v) is 3.47. The van der Waals surface area contributed by atoms with Gasteiger partial charge in [0.05, 0.1) is 0 Å². The van der Waals surface area contributed by atoms with Crippen LogP contribution in [0.5, 0.6) is 0 Å². The molecule has 0 aliphatic rings. The molecule has 0 aliphatic heterocycles. The fraction of sp³-hybridized carbons (Fsp3) is 0.667. The average molecular weight is 267 g/mol. The summed E-state index contributed by atoms with van der Waals surface area (Å²) in [5.41, 5.74) is 0. The number of hydrogen-bond donors (Lipinski definition) is 2. The van der Waals surface area contributed by atoms with Gasteiger partial charge >= 0.3 is 0 Å². The zero-order valence-electron chi connectivity index (χ0n) is 9.62. The molecule has 0 radical (unpaired) electrons. The third kappa shape index (κ3) is 7.67. The van der Waals surface area contributed by atoms with Crippen molar-refractivity contribution in [2.45, 2.75) is 6.04 Å². The lowest BCUT2D eigenvalue weighted by Crippen LogP contribution is -2.48. The Morgan fingerprint density at radius 3 is 2.12 bits per heavy atom. The Hall–Kier alpha value is -1.18. The van der Waals surface area contributed by atoms with E-state index in [1.807, 2.05) is 0 Å². The van der Waals surface area contributed by atoms with Crippen LogP contribution in [0, 0.1) is 0 Å². The average Bonchev–Trinajstić information content (AvgIpc) is 2.24. The Labute approximate surface area is 104 Å². The fourth-order valence-electron chi connectivity index (χ4n) is 0.953. The lowest BCUT2D eigenvalue weighted by Gasteiger charge is -2.15. The molecule has 0 bridgehead atoms. The summed E-state index contributed by atoms with van der Waals surface area (Å²) in [6.07, 6.45) is 0. The van der Waals surface area contributed by atoms with Crippen LogP contribution in [0.4, 0.5) is 0 Å². The summed E-state index contributed by atoms with van der Waals surface area (Å²) in [5, 5.41) is 3.93. The maximum atomic E-state index is 11.1. The normalized spacial score (nSPS) is 11.7. The Balaban J connectivity index is 4.11. The molecule has 0 aromatic carbocycles. The van der Waals surface area contributed by atoms with E-state index < -0.39 is 23.1 Å². The van der Waals surface area contributed by atoms with E-state index in [0.29, 0.717) is 0 Å². The maximum absolute atomic E-state index is 11.1. The van der Waals surface area contributed by atoms with Gasteiger partial charge in [-0.05, 0) is 11.6 Å². The van der Waals surface area contributed by atoms with Crippen LogP contribution < -0.4 is 10.6 Å². The summed E-state index contributed by atoms with van der Waals surface area (Å²) in [4.78, 5) is 33.2. The predicted octanol–water partition coefficient (Wildman–Crippen LogP) is -1.35. The summed E-state index contributed by atoms with van der Waals surface area (Å²) >= 11 is 5.27. The molecular weight excluding hydrogens is 252 g/mol.